The summed E-state index contributed by atoms with van der Waals surface area (Å²) in [5, 5.41) is 0. The molecular formula is C32H68O3Ti. The van der Waals surface area contributed by atoms with Gasteiger partial charge in [0.05, 0.1) is 0 Å². The summed E-state index contributed by atoms with van der Waals surface area (Å²) in [6.45, 7) is 10.3. The second kappa shape index (κ2) is 25.7. The van der Waals surface area contributed by atoms with Gasteiger partial charge in [0.2, 0.25) is 0 Å². The molecule has 0 bridgehead atoms. The zero-order valence-electron chi connectivity index (χ0n) is 25.5. The molecule has 0 fully saturated rings. The van der Waals surface area contributed by atoms with Crippen molar-refractivity contribution >= 4 is 0 Å². The van der Waals surface area contributed by atoms with Crippen LogP contribution in [0.25, 0.3) is 0 Å². The van der Waals surface area contributed by atoms with Crippen LogP contribution in [0.5, 0.6) is 0 Å². The van der Waals surface area contributed by atoms with Gasteiger partial charge in [0, 0.05) is 0 Å². The molecular weight excluding hydrogens is 480 g/mol. The molecule has 0 rings (SSSR count). The fraction of sp³-hybridized carbons (Fsp3) is 1.00. The Balaban J connectivity index is 5.02. The van der Waals surface area contributed by atoms with Crippen LogP contribution in [-0.4, -0.2) is 13.2 Å². The third-order valence-corrected chi connectivity index (χ3v) is 14.6. The second-order valence-corrected chi connectivity index (χ2v) is 18.4. The first kappa shape index (κ1) is 36.4. The van der Waals surface area contributed by atoms with E-state index in [2.05, 4.69) is 27.7 Å². The van der Waals surface area contributed by atoms with Crippen molar-refractivity contribution in [3.8, 4) is 0 Å². The molecule has 0 saturated heterocycles. The third-order valence-electron chi connectivity index (χ3n) is 7.87. The van der Waals surface area contributed by atoms with E-state index in [-0.39, 0.29) is 0 Å². The molecule has 0 saturated carbocycles. The Bertz CT molecular complexity index is 462. The zero-order chi connectivity index (χ0) is 26.7. The molecule has 218 valence electrons. The van der Waals surface area contributed by atoms with E-state index >= 15 is 0 Å². The van der Waals surface area contributed by atoms with Crippen molar-refractivity contribution in [3.63, 3.8) is 0 Å². The molecule has 0 spiro atoms. The SMILES string of the molecule is CCCCCCCC[O][Ti](=[O])([CH2]CCCCCCC)([CH2]CCCCCCC)[O]CCCCCCCC. The summed E-state index contributed by atoms with van der Waals surface area (Å²) in [7, 11) is 0. The monoisotopic (exact) mass is 548 g/mol. The van der Waals surface area contributed by atoms with Crippen LogP contribution in [0, 0.1) is 0 Å². The van der Waals surface area contributed by atoms with Crippen molar-refractivity contribution in [2.45, 2.75) is 191 Å². The maximum absolute atomic E-state index is 14.9. The van der Waals surface area contributed by atoms with Gasteiger partial charge in [-0.15, -0.1) is 0 Å². The quantitative estimate of drug-likeness (QED) is 0.0661. The molecule has 0 aromatic heterocycles. The van der Waals surface area contributed by atoms with Gasteiger partial charge in [-0.05, 0) is 0 Å². The first-order valence-corrected chi connectivity index (χ1v) is 20.8. The molecule has 0 atom stereocenters. The average Bonchev–Trinajstić information content (AvgIpc) is 2.87. The van der Waals surface area contributed by atoms with E-state index in [4.69, 9.17) is 6.64 Å². The molecule has 0 aromatic carbocycles. The molecule has 0 aliphatic carbocycles. The Morgan fingerprint density at radius 3 is 0.917 bits per heavy atom. The second-order valence-electron chi connectivity index (χ2n) is 11.6. The van der Waals surface area contributed by atoms with Gasteiger partial charge >= 0.3 is 230 Å². The van der Waals surface area contributed by atoms with Crippen LogP contribution in [-0.2, 0) is 26.0 Å². The van der Waals surface area contributed by atoms with Crippen LogP contribution >= 0.6 is 0 Å². The van der Waals surface area contributed by atoms with E-state index in [9.17, 15) is 3.32 Å². The van der Waals surface area contributed by atoms with E-state index in [0.29, 0.717) is 22.7 Å². The van der Waals surface area contributed by atoms with Crippen molar-refractivity contribution in [1.29, 1.82) is 0 Å². The molecule has 0 aromatic rings. The molecule has 0 N–H and O–H groups in total. The van der Waals surface area contributed by atoms with Crippen molar-refractivity contribution in [1.82, 2.24) is 0 Å². The molecule has 3 nitrogen and oxygen atoms in total. The number of unbranched alkanes of at least 4 members (excludes halogenated alkanes) is 20. The predicted molar refractivity (Wildman–Crippen MR) is 156 cm³/mol. The van der Waals surface area contributed by atoms with Gasteiger partial charge in [-0.1, -0.05) is 0 Å². The Kier molecular flexibility index (Phi) is 26.0. The van der Waals surface area contributed by atoms with Gasteiger partial charge < -0.3 is 0 Å². The molecule has 0 radical (unpaired) electrons. The standard InChI is InChI=1S/2C8H17O.2C8H17.O.Ti/c2*1-2-3-4-5-6-7-8-9;2*1-3-5-7-8-6-4-2;;/h2*2-8H2,1H3;2*1,3-8H2,2H3;;/q2*-1;;;;+2. The van der Waals surface area contributed by atoms with Crippen molar-refractivity contribution < 1.29 is 26.0 Å². The molecule has 0 unspecified atom stereocenters. The Morgan fingerprint density at radius 1 is 0.361 bits per heavy atom. The van der Waals surface area contributed by atoms with E-state index in [1.54, 1.807) is 0 Å². The summed E-state index contributed by atoms with van der Waals surface area (Å²) in [5.74, 6) is 0. The average molecular weight is 549 g/mol. The topological polar surface area (TPSA) is 35.5 Å². The summed E-state index contributed by atoms with van der Waals surface area (Å²) in [5.41, 5.74) is 0. The Hall–Kier alpha value is 0.434. The first-order valence-electron chi connectivity index (χ1n) is 16.7. The summed E-state index contributed by atoms with van der Waals surface area (Å²) in [6, 6.07) is 0. The zero-order valence-corrected chi connectivity index (χ0v) is 27.1. The summed E-state index contributed by atoms with van der Waals surface area (Å²) in [6.07, 6.45) is 29.4. The molecule has 0 heterocycles. The molecule has 36 heavy (non-hydrogen) atoms. The minimum atomic E-state index is -4.67. The molecule has 0 amide bonds. The Labute approximate surface area is 229 Å². The summed E-state index contributed by atoms with van der Waals surface area (Å²) >= 11 is -4.67. The molecule has 0 aliphatic rings. The van der Waals surface area contributed by atoms with Crippen LogP contribution < -0.4 is 0 Å². The fourth-order valence-electron chi connectivity index (χ4n) is 5.31. The molecule has 0 aliphatic heterocycles. The van der Waals surface area contributed by atoms with Crippen molar-refractivity contribution in [3.05, 3.63) is 0 Å². The fourth-order valence-corrected chi connectivity index (χ4v) is 11.5. The number of hydrogen-bond donors (Lipinski definition) is 0. The van der Waals surface area contributed by atoms with Crippen molar-refractivity contribution in [2.24, 2.45) is 0 Å². The first-order chi connectivity index (χ1) is 17.5. The number of rotatable bonds is 30. The van der Waals surface area contributed by atoms with Crippen LogP contribution in [0.3, 0.4) is 0 Å². The maximum atomic E-state index is 14.9. The summed E-state index contributed by atoms with van der Waals surface area (Å²) in [4.78, 5) is 0. The van der Waals surface area contributed by atoms with Crippen molar-refractivity contribution in [2.75, 3.05) is 13.2 Å². The summed E-state index contributed by atoms with van der Waals surface area (Å²) < 4.78 is 29.3. The van der Waals surface area contributed by atoms with Gasteiger partial charge in [0.1, 0.15) is 0 Å². The minimum absolute atomic E-state index is 0.634. The van der Waals surface area contributed by atoms with E-state index in [1.165, 1.54) is 128 Å². The number of hydrogen-bond acceptors (Lipinski definition) is 3. The van der Waals surface area contributed by atoms with E-state index in [0.717, 1.165) is 25.7 Å². The van der Waals surface area contributed by atoms with Gasteiger partial charge in [-0.25, -0.2) is 0 Å². The van der Waals surface area contributed by atoms with E-state index < -0.39 is 16.1 Å². The normalized spacial score (nSPS) is 12.5. The van der Waals surface area contributed by atoms with E-state index in [1.807, 2.05) is 0 Å². The van der Waals surface area contributed by atoms with Crippen LogP contribution in [0.4, 0.5) is 0 Å². The van der Waals surface area contributed by atoms with Gasteiger partial charge in [-0.3, -0.25) is 0 Å². The van der Waals surface area contributed by atoms with Crippen LogP contribution in [0.2, 0.25) is 9.45 Å². The van der Waals surface area contributed by atoms with Gasteiger partial charge in [-0.2, -0.15) is 0 Å². The third kappa shape index (κ3) is 21.4. The van der Waals surface area contributed by atoms with Crippen LogP contribution in [0.1, 0.15) is 182 Å². The Morgan fingerprint density at radius 2 is 0.611 bits per heavy atom. The molecule has 4 heteroatoms. The van der Waals surface area contributed by atoms with Crippen LogP contribution in [0.15, 0.2) is 0 Å². The van der Waals surface area contributed by atoms with Gasteiger partial charge in [0.15, 0.2) is 0 Å². The van der Waals surface area contributed by atoms with Gasteiger partial charge in [0.25, 0.3) is 0 Å². The predicted octanol–water partition coefficient (Wildman–Crippen LogP) is 12.2.